The SMILES string of the molecule is CCC(=O)NC(C)(C)C=Cn1ncc(C(=O)NC2C3CCCC2CC(COC(N)=O)C3)c1OCC(C)C. The van der Waals surface area contributed by atoms with Crippen molar-refractivity contribution in [2.24, 2.45) is 29.4 Å². The molecular formula is C27H43N5O5. The van der Waals surface area contributed by atoms with E-state index in [0.29, 0.717) is 42.9 Å². The third kappa shape index (κ3) is 7.97. The quantitative estimate of drug-likeness (QED) is 0.409. The molecule has 1 heterocycles. The average molecular weight is 518 g/mol. The van der Waals surface area contributed by atoms with E-state index in [4.69, 9.17) is 15.2 Å². The fourth-order valence-electron chi connectivity index (χ4n) is 5.42. The van der Waals surface area contributed by atoms with Gasteiger partial charge in [0.2, 0.25) is 11.8 Å². The van der Waals surface area contributed by atoms with E-state index < -0.39 is 11.6 Å². The molecule has 2 bridgehead atoms. The number of nitrogens with zero attached hydrogens (tertiary/aromatic N) is 2. The largest absolute Gasteiger partial charge is 0.477 e. The van der Waals surface area contributed by atoms with E-state index in [1.165, 1.54) is 6.20 Å². The second kappa shape index (κ2) is 12.5. The van der Waals surface area contributed by atoms with Crippen LogP contribution in [0.4, 0.5) is 4.79 Å². The highest BCUT2D eigenvalue weighted by Crippen LogP contribution is 2.43. The van der Waals surface area contributed by atoms with Gasteiger partial charge in [-0.3, -0.25) is 9.59 Å². The van der Waals surface area contributed by atoms with Crippen LogP contribution in [0, 0.1) is 23.7 Å². The van der Waals surface area contributed by atoms with Gasteiger partial charge in [-0.15, -0.1) is 0 Å². The van der Waals surface area contributed by atoms with Crippen molar-refractivity contribution in [2.75, 3.05) is 13.2 Å². The zero-order valence-electron chi connectivity index (χ0n) is 22.8. The summed E-state index contributed by atoms with van der Waals surface area (Å²) >= 11 is 0. The lowest BCUT2D eigenvalue weighted by molar-refractivity contribution is -0.121. The van der Waals surface area contributed by atoms with Gasteiger partial charge in [0.15, 0.2) is 0 Å². The molecule has 0 aliphatic heterocycles. The van der Waals surface area contributed by atoms with Crippen molar-refractivity contribution < 1.29 is 23.9 Å². The monoisotopic (exact) mass is 517 g/mol. The molecule has 2 aliphatic rings. The van der Waals surface area contributed by atoms with Crippen LogP contribution in [0.25, 0.3) is 6.20 Å². The minimum atomic E-state index is -0.739. The fraction of sp³-hybridized carbons (Fsp3) is 0.704. The summed E-state index contributed by atoms with van der Waals surface area (Å²) in [6.45, 7) is 10.5. The number of fused-ring (bicyclic) bond motifs is 2. The van der Waals surface area contributed by atoms with Gasteiger partial charge in [0.05, 0.1) is 24.9 Å². The molecule has 1 aromatic rings. The summed E-state index contributed by atoms with van der Waals surface area (Å²) in [4.78, 5) is 36.4. The summed E-state index contributed by atoms with van der Waals surface area (Å²) in [7, 11) is 0. The highest BCUT2D eigenvalue weighted by atomic mass is 16.5. The van der Waals surface area contributed by atoms with Crippen LogP contribution in [0.1, 0.15) is 83.5 Å². The number of rotatable bonds is 11. The Hall–Kier alpha value is -3.04. The number of nitrogens with two attached hydrogens (primary N) is 1. The van der Waals surface area contributed by atoms with Crippen LogP contribution in [0.2, 0.25) is 0 Å². The number of ether oxygens (including phenoxy) is 2. The maximum atomic E-state index is 13.5. The lowest BCUT2D eigenvalue weighted by Gasteiger charge is -2.45. The predicted octanol–water partition coefficient (Wildman–Crippen LogP) is 3.71. The van der Waals surface area contributed by atoms with Gasteiger partial charge in [-0.1, -0.05) is 27.2 Å². The first-order chi connectivity index (χ1) is 17.5. The minimum absolute atomic E-state index is 0.0482. The molecule has 10 nitrogen and oxygen atoms in total. The van der Waals surface area contributed by atoms with Crippen molar-refractivity contribution >= 4 is 24.1 Å². The fourth-order valence-corrected chi connectivity index (χ4v) is 5.42. The number of nitrogens with one attached hydrogen (secondary N) is 2. The van der Waals surface area contributed by atoms with E-state index in [1.54, 1.807) is 17.8 Å². The zero-order chi connectivity index (χ0) is 27.2. The molecule has 0 saturated heterocycles. The standard InChI is InChI=1S/C27H43N5O5/c1-6-22(33)31-27(4,5)10-11-32-25(36-15-17(2)3)21(14-29-32)24(34)30-23-19-8-7-9-20(23)13-18(12-19)16-37-26(28)35/h10-11,14,17-20,23H,6-9,12-13,15-16H2,1-5H3,(H2,28,35)(H,30,34)(H,31,33). The van der Waals surface area contributed by atoms with Gasteiger partial charge < -0.3 is 25.8 Å². The van der Waals surface area contributed by atoms with Crippen LogP contribution in [0.5, 0.6) is 5.88 Å². The smallest absolute Gasteiger partial charge is 0.404 e. The summed E-state index contributed by atoms with van der Waals surface area (Å²) in [6.07, 6.45) is 9.75. The van der Waals surface area contributed by atoms with Gasteiger partial charge in [-0.2, -0.15) is 5.10 Å². The van der Waals surface area contributed by atoms with Crippen molar-refractivity contribution in [1.82, 2.24) is 20.4 Å². The van der Waals surface area contributed by atoms with E-state index in [1.807, 2.05) is 33.8 Å². The molecule has 0 radical (unpaired) electrons. The number of amides is 3. The normalized spacial score (nSPS) is 23.6. The molecule has 0 spiro atoms. The Bertz CT molecular complexity index is 972. The van der Waals surface area contributed by atoms with Crippen molar-refractivity contribution in [1.29, 1.82) is 0 Å². The topological polar surface area (TPSA) is 138 Å². The summed E-state index contributed by atoms with van der Waals surface area (Å²) in [5.41, 5.74) is 4.95. The second-order valence-corrected chi connectivity index (χ2v) is 11.4. The molecule has 2 aliphatic carbocycles. The molecule has 2 atom stereocenters. The lowest BCUT2D eigenvalue weighted by atomic mass is 9.65. The lowest BCUT2D eigenvalue weighted by Crippen LogP contribution is -2.51. The number of hydrogen-bond donors (Lipinski definition) is 3. The summed E-state index contributed by atoms with van der Waals surface area (Å²) < 4.78 is 12.7. The molecule has 206 valence electrons. The first-order valence-corrected chi connectivity index (χ1v) is 13.4. The second-order valence-electron chi connectivity index (χ2n) is 11.4. The van der Waals surface area contributed by atoms with Crippen LogP contribution in [-0.2, 0) is 9.53 Å². The minimum Gasteiger partial charge on any atom is -0.477 e. The van der Waals surface area contributed by atoms with E-state index in [-0.39, 0.29) is 29.7 Å². The van der Waals surface area contributed by atoms with Crippen molar-refractivity contribution in [3.63, 3.8) is 0 Å². The molecule has 3 rings (SSSR count). The third-order valence-electron chi connectivity index (χ3n) is 7.16. The van der Waals surface area contributed by atoms with Gasteiger partial charge in [0.1, 0.15) is 5.56 Å². The van der Waals surface area contributed by atoms with Gasteiger partial charge >= 0.3 is 6.09 Å². The summed E-state index contributed by atoms with van der Waals surface area (Å²) in [5, 5.41) is 10.6. The highest BCUT2D eigenvalue weighted by Gasteiger charge is 2.41. The Balaban J connectivity index is 1.76. The van der Waals surface area contributed by atoms with Crippen LogP contribution >= 0.6 is 0 Å². The predicted molar refractivity (Wildman–Crippen MR) is 141 cm³/mol. The number of aromatic nitrogens is 2. The molecular weight excluding hydrogens is 474 g/mol. The van der Waals surface area contributed by atoms with Crippen LogP contribution in [0.3, 0.4) is 0 Å². The first kappa shape index (κ1) is 28.5. The van der Waals surface area contributed by atoms with E-state index >= 15 is 0 Å². The summed E-state index contributed by atoms with van der Waals surface area (Å²) in [6, 6.07) is 0.0612. The maximum Gasteiger partial charge on any atom is 0.404 e. The van der Waals surface area contributed by atoms with Crippen molar-refractivity contribution in [2.45, 2.75) is 84.7 Å². The molecule has 37 heavy (non-hydrogen) atoms. The molecule has 0 aromatic carbocycles. The molecule has 1 aromatic heterocycles. The maximum absolute atomic E-state index is 13.5. The van der Waals surface area contributed by atoms with Gasteiger partial charge in [0, 0.05) is 18.7 Å². The molecule has 2 unspecified atom stereocenters. The van der Waals surface area contributed by atoms with Gasteiger partial charge in [0.25, 0.3) is 5.91 Å². The molecule has 3 amide bonds. The number of carbonyl (C=O) groups excluding carboxylic acids is 3. The number of primary amides is 1. The Labute approximate surface area is 219 Å². The van der Waals surface area contributed by atoms with Crippen molar-refractivity contribution in [3.05, 3.63) is 17.8 Å². The Morgan fingerprint density at radius 3 is 2.51 bits per heavy atom. The van der Waals surface area contributed by atoms with Crippen molar-refractivity contribution in [3.8, 4) is 5.88 Å². The molecule has 2 saturated carbocycles. The average Bonchev–Trinajstić information content (AvgIpc) is 3.23. The zero-order valence-corrected chi connectivity index (χ0v) is 22.8. The van der Waals surface area contributed by atoms with Crippen LogP contribution in [-0.4, -0.2) is 52.5 Å². The molecule has 10 heteroatoms. The third-order valence-corrected chi connectivity index (χ3v) is 7.16. The molecule has 2 fully saturated rings. The molecule has 4 N–H and O–H groups in total. The Kier molecular flexibility index (Phi) is 9.62. The number of carbonyl (C=O) groups is 3. The number of hydrogen-bond acceptors (Lipinski definition) is 6. The Morgan fingerprint density at radius 2 is 1.92 bits per heavy atom. The van der Waals surface area contributed by atoms with E-state index in [0.717, 1.165) is 32.1 Å². The highest BCUT2D eigenvalue weighted by molar-refractivity contribution is 5.96. The van der Waals surface area contributed by atoms with Gasteiger partial charge in [-0.05, 0) is 69.3 Å². The Morgan fingerprint density at radius 1 is 1.24 bits per heavy atom. The van der Waals surface area contributed by atoms with E-state index in [2.05, 4.69) is 15.7 Å². The summed E-state index contributed by atoms with van der Waals surface area (Å²) in [5.74, 6) is 1.32. The van der Waals surface area contributed by atoms with Crippen LogP contribution in [0.15, 0.2) is 12.3 Å². The van der Waals surface area contributed by atoms with Crippen LogP contribution < -0.4 is 21.1 Å². The van der Waals surface area contributed by atoms with Gasteiger partial charge in [-0.25, -0.2) is 9.48 Å². The first-order valence-electron chi connectivity index (χ1n) is 13.4. The van der Waals surface area contributed by atoms with E-state index in [9.17, 15) is 14.4 Å².